The maximum atomic E-state index is 10.8. The van der Waals surface area contributed by atoms with Gasteiger partial charge < -0.3 is 9.87 Å². The van der Waals surface area contributed by atoms with Crippen molar-refractivity contribution in [3.05, 3.63) is 12.2 Å². The van der Waals surface area contributed by atoms with E-state index in [4.69, 9.17) is 0 Å². The van der Waals surface area contributed by atoms with Gasteiger partial charge in [-0.3, -0.25) is 4.79 Å². The summed E-state index contributed by atoms with van der Waals surface area (Å²) in [5.41, 5.74) is 0. The van der Waals surface area contributed by atoms with Crippen molar-refractivity contribution in [2.45, 2.75) is 19.9 Å². The first kappa shape index (κ1) is 16.5. The van der Waals surface area contributed by atoms with Crippen molar-refractivity contribution < 1.29 is 47.3 Å². The molecule has 5 nitrogen and oxygen atoms in total. The zero-order valence-corrected chi connectivity index (χ0v) is 11.3. The Balaban J connectivity index is 0. The Morgan fingerprint density at radius 3 is 2.43 bits per heavy atom. The summed E-state index contributed by atoms with van der Waals surface area (Å²) in [6, 6.07) is -0.661. The average Bonchev–Trinajstić information content (AvgIpc) is 1.81. The molecule has 1 unspecified atom stereocenters. The normalized spacial score (nSPS) is 13.4. The molecule has 1 atom stereocenters. The van der Waals surface area contributed by atoms with Gasteiger partial charge in [0.2, 0.25) is 5.91 Å². The molecule has 0 saturated carbocycles. The first-order chi connectivity index (χ1) is 5.85. The number of rotatable bonds is 4. The van der Waals surface area contributed by atoms with Crippen molar-refractivity contribution >= 4 is 16.0 Å². The molecule has 0 bridgehead atoms. The van der Waals surface area contributed by atoms with E-state index in [0.29, 0.717) is 0 Å². The maximum Gasteiger partial charge on any atom is 1.00 e. The first-order valence-electron chi connectivity index (χ1n) is 3.72. The minimum Gasteiger partial charge on any atom is -0.748 e. The quantitative estimate of drug-likeness (QED) is 0.309. The Labute approximate surface area is 106 Å². The fourth-order valence-corrected chi connectivity index (χ4v) is 1.49. The molecule has 0 saturated heterocycles. The first-order valence-corrected chi connectivity index (χ1v) is 5.29. The monoisotopic (exact) mass is 229 g/mol. The number of nitrogens with one attached hydrogen (secondary N) is 1. The van der Waals surface area contributed by atoms with E-state index in [0.717, 1.165) is 0 Å². The number of allylic oxidation sites excluding steroid dienone is 1. The Kier molecular flexibility index (Phi) is 8.77. The predicted molar refractivity (Wildman–Crippen MR) is 47.0 cm³/mol. The van der Waals surface area contributed by atoms with Crippen molar-refractivity contribution in [3.63, 3.8) is 0 Å². The van der Waals surface area contributed by atoms with Gasteiger partial charge in [0.25, 0.3) is 0 Å². The fourth-order valence-electron chi connectivity index (χ4n) is 0.790. The van der Waals surface area contributed by atoms with Gasteiger partial charge in [0.15, 0.2) is 0 Å². The van der Waals surface area contributed by atoms with Crippen LogP contribution in [0.2, 0.25) is 0 Å². The van der Waals surface area contributed by atoms with Crippen LogP contribution in [0, 0.1) is 0 Å². The molecule has 1 amide bonds. The molecule has 0 spiro atoms. The standard InChI is InChI=1S/C7H13NO4S.Na/c1-3-4-7(9)8-6(2)5-13(10,11)12;/h3-4,6H,5H2,1-2H3,(H,8,9)(H,10,11,12);/q;+1/p-1/b4-3+;. The molecule has 0 aliphatic heterocycles. The smallest absolute Gasteiger partial charge is 0.748 e. The van der Waals surface area contributed by atoms with Crippen LogP contribution in [0.25, 0.3) is 0 Å². The van der Waals surface area contributed by atoms with Gasteiger partial charge in [0, 0.05) is 6.04 Å². The van der Waals surface area contributed by atoms with E-state index in [9.17, 15) is 17.8 Å². The molecule has 0 aromatic heterocycles. The van der Waals surface area contributed by atoms with E-state index in [-0.39, 0.29) is 29.6 Å². The van der Waals surface area contributed by atoms with Crippen LogP contribution in [0.4, 0.5) is 0 Å². The summed E-state index contributed by atoms with van der Waals surface area (Å²) < 4.78 is 30.8. The summed E-state index contributed by atoms with van der Waals surface area (Å²) in [4.78, 5) is 10.8. The van der Waals surface area contributed by atoms with Gasteiger partial charge in [-0.25, -0.2) is 8.42 Å². The van der Waals surface area contributed by atoms with Crippen LogP contribution in [-0.2, 0) is 14.9 Å². The molecule has 0 radical (unpaired) electrons. The summed E-state index contributed by atoms with van der Waals surface area (Å²) in [5, 5.41) is 2.33. The maximum absolute atomic E-state index is 10.8. The zero-order valence-electron chi connectivity index (χ0n) is 8.48. The van der Waals surface area contributed by atoms with Crippen LogP contribution in [0.15, 0.2) is 12.2 Å². The summed E-state index contributed by atoms with van der Waals surface area (Å²) in [7, 11) is -4.27. The van der Waals surface area contributed by atoms with Gasteiger partial charge in [-0.05, 0) is 19.9 Å². The molecule has 0 aliphatic rings. The molecule has 0 fully saturated rings. The molecule has 1 N–H and O–H groups in total. The minimum absolute atomic E-state index is 0. The zero-order chi connectivity index (χ0) is 10.5. The second-order valence-corrected chi connectivity index (χ2v) is 4.08. The van der Waals surface area contributed by atoms with Gasteiger partial charge in [-0.1, -0.05) is 6.08 Å². The minimum atomic E-state index is -4.27. The van der Waals surface area contributed by atoms with E-state index in [1.807, 2.05) is 0 Å². The molecule has 0 aliphatic carbocycles. The van der Waals surface area contributed by atoms with E-state index in [2.05, 4.69) is 5.32 Å². The molecule has 7 heteroatoms. The van der Waals surface area contributed by atoms with Gasteiger partial charge >= 0.3 is 29.6 Å². The predicted octanol–water partition coefficient (Wildman–Crippen LogP) is -3.38. The van der Waals surface area contributed by atoms with E-state index in [1.165, 1.54) is 19.1 Å². The van der Waals surface area contributed by atoms with Gasteiger partial charge in [-0.15, -0.1) is 0 Å². The third-order valence-corrected chi connectivity index (χ3v) is 2.07. The third-order valence-electron chi connectivity index (χ3n) is 1.16. The van der Waals surface area contributed by atoms with Crippen LogP contribution in [-0.4, -0.2) is 30.7 Å². The van der Waals surface area contributed by atoms with Gasteiger partial charge in [0.1, 0.15) is 0 Å². The van der Waals surface area contributed by atoms with Crippen LogP contribution >= 0.6 is 0 Å². The van der Waals surface area contributed by atoms with E-state index >= 15 is 0 Å². The van der Waals surface area contributed by atoms with Crippen LogP contribution in [0.5, 0.6) is 0 Å². The van der Waals surface area contributed by atoms with Gasteiger partial charge in [0.05, 0.1) is 15.9 Å². The van der Waals surface area contributed by atoms with Crippen molar-refractivity contribution in [2.24, 2.45) is 0 Å². The topological polar surface area (TPSA) is 86.3 Å². The summed E-state index contributed by atoms with van der Waals surface area (Å²) in [6.45, 7) is 3.12. The Bertz CT molecular complexity index is 299. The largest absolute Gasteiger partial charge is 1.00 e. The number of hydrogen-bond donors (Lipinski definition) is 1. The number of carbonyl (C=O) groups excluding carboxylic acids is 1. The van der Waals surface area contributed by atoms with Crippen LogP contribution < -0.4 is 34.9 Å². The van der Waals surface area contributed by atoms with Gasteiger partial charge in [-0.2, -0.15) is 0 Å². The Morgan fingerprint density at radius 2 is 2.07 bits per heavy atom. The molecule has 0 aromatic carbocycles. The molecule has 76 valence electrons. The molecule has 0 aromatic rings. The molecule has 0 heterocycles. The van der Waals surface area contributed by atoms with Crippen LogP contribution in [0.1, 0.15) is 13.8 Å². The number of hydrogen-bond acceptors (Lipinski definition) is 4. The summed E-state index contributed by atoms with van der Waals surface area (Å²) in [6.07, 6.45) is 2.78. The molecule has 14 heavy (non-hydrogen) atoms. The van der Waals surface area contributed by atoms with E-state index in [1.54, 1.807) is 6.92 Å². The fraction of sp³-hybridized carbons (Fsp3) is 0.571. The molecular formula is C7H12NNaO4S. The van der Waals surface area contributed by atoms with Crippen molar-refractivity contribution in [1.29, 1.82) is 0 Å². The average molecular weight is 229 g/mol. The van der Waals surface area contributed by atoms with Crippen molar-refractivity contribution in [2.75, 3.05) is 5.75 Å². The second-order valence-electron chi connectivity index (χ2n) is 2.63. The second kappa shape index (κ2) is 7.42. The SMILES string of the molecule is C/C=C/C(=O)NC(C)CS(=O)(=O)[O-].[Na+]. The van der Waals surface area contributed by atoms with E-state index < -0.39 is 27.8 Å². The van der Waals surface area contributed by atoms with Crippen molar-refractivity contribution in [3.8, 4) is 0 Å². The summed E-state index contributed by atoms with van der Waals surface area (Å²) >= 11 is 0. The third kappa shape index (κ3) is 10.2. The molecular weight excluding hydrogens is 217 g/mol. The summed E-state index contributed by atoms with van der Waals surface area (Å²) in [5.74, 6) is -0.991. The number of amides is 1. The van der Waals surface area contributed by atoms with Crippen molar-refractivity contribution in [1.82, 2.24) is 5.32 Å². The molecule has 0 rings (SSSR count). The Hall–Kier alpha value is 0.120. The Morgan fingerprint density at radius 1 is 1.57 bits per heavy atom. The number of carbonyl (C=O) groups is 1. The van der Waals surface area contributed by atoms with Crippen LogP contribution in [0.3, 0.4) is 0 Å².